The second kappa shape index (κ2) is 9.64. The first-order valence-electron chi connectivity index (χ1n) is 9.58. The molecule has 2 heterocycles. The van der Waals surface area contributed by atoms with Crippen LogP contribution < -0.4 is 14.8 Å². The van der Waals surface area contributed by atoms with Gasteiger partial charge in [0.15, 0.2) is 0 Å². The van der Waals surface area contributed by atoms with Gasteiger partial charge in [0.05, 0.1) is 35.7 Å². The number of halogens is 3. The van der Waals surface area contributed by atoms with E-state index in [2.05, 4.69) is 15.3 Å². The van der Waals surface area contributed by atoms with Crippen molar-refractivity contribution in [1.82, 2.24) is 9.97 Å². The van der Waals surface area contributed by atoms with E-state index in [1.54, 1.807) is 6.07 Å². The normalized spacial score (nSPS) is 16.0. The standard InChI is InChI=1S/C21H20Cl2FN3O3/c22-5-1-6-29-15-9-18-20(19(10-15)30-14-4-7-28-11-14)21(26-12-25-18)27-13-2-3-17(24)16(23)8-13/h2-3,8-10,12,14H,1,4-7,11H2,(H,25,26,27). The van der Waals surface area contributed by atoms with Crippen LogP contribution >= 0.6 is 23.2 Å². The second-order valence-electron chi connectivity index (χ2n) is 6.79. The van der Waals surface area contributed by atoms with E-state index in [9.17, 15) is 4.39 Å². The Balaban J connectivity index is 1.72. The van der Waals surface area contributed by atoms with Crippen molar-refractivity contribution in [3.05, 3.63) is 47.5 Å². The van der Waals surface area contributed by atoms with Crippen molar-refractivity contribution in [3.63, 3.8) is 0 Å². The van der Waals surface area contributed by atoms with Gasteiger partial charge in [-0.15, -0.1) is 11.6 Å². The minimum atomic E-state index is -0.487. The van der Waals surface area contributed by atoms with Crippen LogP contribution in [0.4, 0.5) is 15.9 Å². The summed E-state index contributed by atoms with van der Waals surface area (Å²) in [5.74, 6) is 1.77. The van der Waals surface area contributed by atoms with Crippen molar-refractivity contribution in [2.24, 2.45) is 0 Å². The lowest BCUT2D eigenvalue weighted by Crippen LogP contribution is -2.16. The van der Waals surface area contributed by atoms with E-state index in [1.807, 2.05) is 12.1 Å². The third-order valence-corrected chi connectivity index (χ3v) is 5.14. The molecule has 3 aromatic rings. The van der Waals surface area contributed by atoms with Gasteiger partial charge in [-0.25, -0.2) is 14.4 Å². The molecule has 1 aliphatic rings. The van der Waals surface area contributed by atoms with Gasteiger partial charge in [0.1, 0.15) is 35.6 Å². The van der Waals surface area contributed by atoms with Crippen LogP contribution in [0.25, 0.3) is 10.9 Å². The zero-order chi connectivity index (χ0) is 20.9. The quantitative estimate of drug-likeness (QED) is 0.368. The summed E-state index contributed by atoms with van der Waals surface area (Å²) >= 11 is 11.7. The Bertz CT molecular complexity index is 1030. The number of ether oxygens (including phenoxy) is 3. The maximum atomic E-state index is 13.5. The van der Waals surface area contributed by atoms with Gasteiger partial charge < -0.3 is 19.5 Å². The molecule has 0 aliphatic carbocycles. The predicted octanol–water partition coefficient (Wildman–Crippen LogP) is 5.34. The predicted molar refractivity (Wildman–Crippen MR) is 115 cm³/mol. The van der Waals surface area contributed by atoms with E-state index >= 15 is 0 Å². The molecule has 0 bridgehead atoms. The Kier molecular flexibility index (Phi) is 6.72. The molecule has 1 saturated heterocycles. The molecule has 0 spiro atoms. The summed E-state index contributed by atoms with van der Waals surface area (Å²) < 4.78 is 31.0. The van der Waals surface area contributed by atoms with Gasteiger partial charge in [-0.3, -0.25) is 0 Å². The van der Waals surface area contributed by atoms with Crippen LogP contribution in [0.3, 0.4) is 0 Å². The molecule has 1 aromatic heterocycles. The molecule has 0 amide bonds. The number of hydrogen-bond donors (Lipinski definition) is 1. The summed E-state index contributed by atoms with van der Waals surface area (Å²) in [5.41, 5.74) is 1.25. The summed E-state index contributed by atoms with van der Waals surface area (Å²) in [6.07, 6.45) is 2.90. The molecule has 1 atom stereocenters. The summed E-state index contributed by atoms with van der Waals surface area (Å²) in [4.78, 5) is 8.75. The minimum Gasteiger partial charge on any atom is -0.493 e. The summed E-state index contributed by atoms with van der Waals surface area (Å²) in [5, 5.41) is 3.89. The van der Waals surface area contributed by atoms with E-state index in [0.29, 0.717) is 59.6 Å². The van der Waals surface area contributed by atoms with E-state index < -0.39 is 5.82 Å². The maximum absolute atomic E-state index is 13.5. The number of anilines is 2. The lowest BCUT2D eigenvalue weighted by molar-refractivity contribution is 0.142. The van der Waals surface area contributed by atoms with Gasteiger partial charge in [-0.05, 0) is 24.6 Å². The highest BCUT2D eigenvalue weighted by Gasteiger charge is 2.21. The molecule has 1 N–H and O–H groups in total. The van der Waals surface area contributed by atoms with Gasteiger partial charge >= 0.3 is 0 Å². The first kappa shape index (κ1) is 20.9. The van der Waals surface area contributed by atoms with Gasteiger partial charge in [0.25, 0.3) is 0 Å². The smallest absolute Gasteiger partial charge is 0.145 e. The number of aromatic nitrogens is 2. The lowest BCUT2D eigenvalue weighted by Gasteiger charge is -2.18. The van der Waals surface area contributed by atoms with Crippen molar-refractivity contribution in [2.45, 2.75) is 18.9 Å². The number of hydrogen-bond acceptors (Lipinski definition) is 6. The van der Waals surface area contributed by atoms with Crippen LogP contribution in [0.1, 0.15) is 12.8 Å². The highest BCUT2D eigenvalue weighted by Crippen LogP contribution is 2.37. The summed E-state index contributed by atoms with van der Waals surface area (Å²) in [6, 6.07) is 8.03. The third-order valence-electron chi connectivity index (χ3n) is 4.59. The van der Waals surface area contributed by atoms with Gasteiger partial charge in [-0.1, -0.05) is 11.6 Å². The largest absolute Gasteiger partial charge is 0.493 e. The first-order chi connectivity index (χ1) is 14.6. The zero-order valence-corrected chi connectivity index (χ0v) is 17.5. The summed E-state index contributed by atoms with van der Waals surface area (Å²) in [7, 11) is 0. The number of alkyl halides is 1. The first-order valence-corrected chi connectivity index (χ1v) is 10.5. The van der Waals surface area contributed by atoms with Gasteiger partial charge in [0, 0.05) is 30.1 Å². The lowest BCUT2D eigenvalue weighted by atomic mass is 10.2. The van der Waals surface area contributed by atoms with Crippen LogP contribution in [-0.4, -0.2) is 41.8 Å². The summed E-state index contributed by atoms with van der Waals surface area (Å²) in [6.45, 7) is 1.66. The second-order valence-corrected chi connectivity index (χ2v) is 7.57. The molecule has 1 unspecified atom stereocenters. The average molecular weight is 452 g/mol. The topological polar surface area (TPSA) is 65.5 Å². The minimum absolute atomic E-state index is 0.0212. The maximum Gasteiger partial charge on any atom is 0.145 e. The highest BCUT2D eigenvalue weighted by molar-refractivity contribution is 6.31. The fourth-order valence-corrected chi connectivity index (χ4v) is 3.43. The van der Waals surface area contributed by atoms with Crippen molar-refractivity contribution in [2.75, 3.05) is 31.0 Å². The molecule has 30 heavy (non-hydrogen) atoms. The van der Waals surface area contributed by atoms with E-state index in [0.717, 1.165) is 12.8 Å². The SMILES string of the molecule is Fc1ccc(Nc2ncnc3cc(OCCCCl)cc(OC4CCOC4)c23)cc1Cl. The molecule has 1 fully saturated rings. The van der Waals surface area contributed by atoms with Crippen molar-refractivity contribution in [3.8, 4) is 11.5 Å². The Morgan fingerprint density at radius 3 is 2.90 bits per heavy atom. The van der Waals surface area contributed by atoms with Gasteiger partial charge in [-0.2, -0.15) is 0 Å². The Morgan fingerprint density at radius 1 is 1.23 bits per heavy atom. The Labute approximate surface area is 183 Å². The number of fused-ring (bicyclic) bond motifs is 1. The van der Waals surface area contributed by atoms with Crippen molar-refractivity contribution >= 4 is 45.6 Å². The van der Waals surface area contributed by atoms with E-state index in [1.165, 1.54) is 18.5 Å². The van der Waals surface area contributed by atoms with E-state index in [-0.39, 0.29) is 11.1 Å². The average Bonchev–Trinajstić information content (AvgIpc) is 3.24. The molecule has 1 aliphatic heterocycles. The fraction of sp³-hybridized carbons (Fsp3) is 0.333. The fourth-order valence-electron chi connectivity index (χ4n) is 3.14. The highest BCUT2D eigenvalue weighted by atomic mass is 35.5. The zero-order valence-electron chi connectivity index (χ0n) is 16.0. The molecule has 158 valence electrons. The van der Waals surface area contributed by atoms with Crippen molar-refractivity contribution in [1.29, 1.82) is 0 Å². The molecule has 0 saturated carbocycles. The molecule has 4 rings (SSSR count). The molecule has 6 nitrogen and oxygen atoms in total. The number of benzene rings is 2. The molecular formula is C21H20Cl2FN3O3. The van der Waals surface area contributed by atoms with Crippen molar-refractivity contribution < 1.29 is 18.6 Å². The molecule has 9 heteroatoms. The molecule has 0 radical (unpaired) electrons. The van der Waals surface area contributed by atoms with E-state index in [4.69, 9.17) is 37.4 Å². The number of rotatable bonds is 8. The third kappa shape index (κ3) is 4.86. The molecular weight excluding hydrogens is 432 g/mol. The van der Waals surface area contributed by atoms with Gasteiger partial charge in [0.2, 0.25) is 0 Å². The number of nitrogens with zero attached hydrogens (tertiary/aromatic N) is 2. The van der Waals surface area contributed by atoms with Crippen LogP contribution in [0.5, 0.6) is 11.5 Å². The van der Waals surface area contributed by atoms with Crippen LogP contribution in [0.2, 0.25) is 5.02 Å². The molecule has 2 aromatic carbocycles. The monoisotopic (exact) mass is 451 g/mol. The Morgan fingerprint density at radius 2 is 2.13 bits per heavy atom. The number of nitrogens with one attached hydrogen (secondary N) is 1. The Hall–Kier alpha value is -2.35. The van der Waals surface area contributed by atoms with Crippen LogP contribution in [0.15, 0.2) is 36.7 Å². The van der Waals surface area contributed by atoms with Crippen LogP contribution in [0, 0.1) is 5.82 Å². The van der Waals surface area contributed by atoms with Crippen LogP contribution in [-0.2, 0) is 4.74 Å².